The maximum absolute atomic E-state index is 12.8. The minimum atomic E-state index is -0.374. The number of rotatable bonds is 4. The van der Waals surface area contributed by atoms with Gasteiger partial charge in [-0.15, -0.1) is 10.2 Å². The first-order chi connectivity index (χ1) is 15.6. The van der Waals surface area contributed by atoms with Crippen molar-refractivity contribution < 1.29 is 19.1 Å². The van der Waals surface area contributed by atoms with E-state index in [9.17, 15) is 9.59 Å². The van der Waals surface area contributed by atoms with Crippen molar-refractivity contribution in [1.29, 1.82) is 0 Å². The van der Waals surface area contributed by atoms with Crippen LogP contribution in [0.15, 0.2) is 42.5 Å². The summed E-state index contributed by atoms with van der Waals surface area (Å²) in [5.41, 5.74) is 1.19. The van der Waals surface area contributed by atoms with Gasteiger partial charge in [0.25, 0.3) is 5.91 Å². The second-order valence-corrected chi connectivity index (χ2v) is 8.71. The van der Waals surface area contributed by atoms with Crippen molar-refractivity contribution in [1.82, 2.24) is 15.1 Å². The van der Waals surface area contributed by atoms with Gasteiger partial charge in [0.2, 0.25) is 11.8 Å². The van der Waals surface area contributed by atoms with E-state index in [1.54, 1.807) is 47.4 Å². The van der Waals surface area contributed by atoms with Crippen LogP contribution in [0.2, 0.25) is 5.02 Å². The van der Waals surface area contributed by atoms with Gasteiger partial charge in [-0.25, -0.2) is 4.79 Å². The molecule has 0 unspecified atom stereocenters. The lowest BCUT2D eigenvalue weighted by Gasteiger charge is -2.23. The van der Waals surface area contributed by atoms with Crippen molar-refractivity contribution in [2.24, 2.45) is 0 Å². The molecule has 2 aromatic carbocycles. The molecule has 5 rings (SSSR count). The highest BCUT2D eigenvalue weighted by Gasteiger charge is 2.33. The van der Waals surface area contributed by atoms with Crippen LogP contribution in [0.4, 0.5) is 16.2 Å². The molecule has 0 aliphatic carbocycles. The van der Waals surface area contributed by atoms with Crippen molar-refractivity contribution in [3.05, 3.63) is 57.5 Å². The molecule has 3 heterocycles. The molecule has 2 aliphatic rings. The molecule has 1 aromatic heterocycles. The Morgan fingerprint density at radius 3 is 2.78 bits per heavy atom. The van der Waals surface area contributed by atoms with Gasteiger partial charge < -0.3 is 25.0 Å². The lowest BCUT2D eigenvalue weighted by molar-refractivity contribution is 0.102. The minimum Gasteiger partial charge on any atom is -0.454 e. The zero-order valence-electron chi connectivity index (χ0n) is 16.7. The van der Waals surface area contributed by atoms with Gasteiger partial charge in [0.05, 0.1) is 6.04 Å². The molecule has 1 atom stereocenters. The van der Waals surface area contributed by atoms with E-state index in [1.807, 2.05) is 0 Å². The van der Waals surface area contributed by atoms with E-state index >= 15 is 0 Å². The monoisotopic (exact) mass is 471 g/mol. The maximum Gasteiger partial charge on any atom is 0.322 e. The molecule has 0 radical (unpaired) electrons. The molecule has 3 aromatic rings. The van der Waals surface area contributed by atoms with Crippen LogP contribution in [-0.2, 0) is 0 Å². The number of hydrogen-bond acceptors (Lipinski definition) is 7. The predicted octanol–water partition coefficient (Wildman–Crippen LogP) is 4.54. The van der Waals surface area contributed by atoms with Gasteiger partial charge >= 0.3 is 6.03 Å². The molecule has 3 amide bonds. The predicted molar refractivity (Wildman–Crippen MR) is 120 cm³/mol. The van der Waals surface area contributed by atoms with Crippen molar-refractivity contribution in [2.75, 3.05) is 24.0 Å². The number of benzene rings is 2. The number of nitrogens with one attached hydrogen (secondary N) is 2. The van der Waals surface area contributed by atoms with Crippen LogP contribution in [0.5, 0.6) is 11.5 Å². The van der Waals surface area contributed by atoms with Gasteiger partial charge in [-0.3, -0.25) is 4.79 Å². The van der Waals surface area contributed by atoms with Crippen LogP contribution in [0, 0.1) is 0 Å². The van der Waals surface area contributed by atoms with Crippen LogP contribution in [-0.4, -0.2) is 40.4 Å². The van der Waals surface area contributed by atoms with Crippen LogP contribution in [0.1, 0.15) is 33.7 Å². The van der Waals surface area contributed by atoms with Gasteiger partial charge in [0.1, 0.15) is 5.01 Å². The number of carbonyl (C=O) groups is 2. The van der Waals surface area contributed by atoms with Crippen LogP contribution in [0.3, 0.4) is 0 Å². The summed E-state index contributed by atoms with van der Waals surface area (Å²) in [4.78, 5) is 27.2. The molecule has 11 heteroatoms. The summed E-state index contributed by atoms with van der Waals surface area (Å²) in [5, 5.41) is 15.3. The largest absolute Gasteiger partial charge is 0.454 e. The highest BCUT2D eigenvalue weighted by atomic mass is 35.5. The van der Waals surface area contributed by atoms with Crippen LogP contribution < -0.4 is 20.1 Å². The SMILES string of the molecule is O=C(Nc1ccc2c(c1)OCO2)c1nnc([C@@H]2CCCN2C(=O)Nc2cccc(Cl)c2)s1. The van der Waals surface area contributed by atoms with E-state index in [4.69, 9.17) is 21.1 Å². The van der Waals surface area contributed by atoms with Gasteiger partial charge in [0, 0.05) is 29.0 Å². The third-order valence-electron chi connectivity index (χ3n) is 5.14. The second kappa shape index (κ2) is 8.64. The summed E-state index contributed by atoms with van der Waals surface area (Å²) in [6, 6.07) is 11.7. The molecular weight excluding hydrogens is 454 g/mol. The second-order valence-electron chi connectivity index (χ2n) is 7.26. The fourth-order valence-electron chi connectivity index (χ4n) is 3.65. The molecule has 0 spiro atoms. The Labute approximate surface area is 192 Å². The lowest BCUT2D eigenvalue weighted by atomic mass is 10.2. The first-order valence-electron chi connectivity index (χ1n) is 9.94. The summed E-state index contributed by atoms with van der Waals surface area (Å²) >= 11 is 7.18. The smallest absolute Gasteiger partial charge is 0.322 e. The molecule has 164 valence electrons. The first-order valence-corrected chi connectivity index (χ1v) is 11.1. The minimum absolute atomic E-state index is 0.162. The Morgan fingerprint density at radius 1 is 1.06 bits per heavy atom. The van der Waals surface area contributed by atoms with Crippen molar-refractivity contribution in [3.8, 4) is 11.5 Å². The quantitative estimate of drug-likeness (QED) is 0.578. The average molecular weight is 472 g/mol. The molecule has 0 bridgehead atoms. The van der Waals surface area contributed by atoms with E-state index in [0.29, 0.717) is 39.4 Å². The van der Waals surface area contributed by atoms with E-state index in [2.05, 4.69) is 20.8 Å². The Hall–Kier alpha value is -3.37. The Morgan fingerprint density at radius 2 is 1.91 bits per heavy atom. The molecule has 9 nitrogen and oxygen atoms in total. The van der Waals surface area contributed by atoms with Gasteiger partial charge in [0.15, 0.2) is 11.5 Å². The highest BCUT2D eigenvalue weighted by Crippen LogP contribution is 2.36. The van der Waals surface area contributed by atoms with E-state index in [1.165, 1.54) is 11.3 Å². The number of ether oxygens (including phenoxy) is 2. The molecule has 32 heavy (non-hydrogen) atoms. The lowest BCUT2D eigenvalue weighted by Crippen LogP contribution is -2.34. The fraction of sp³-hybridized carbons (Fsp3) is 0.238. The summed E-state index contributed by atoms with van der Waals surface area (Å²) in [5.74, 6) is 0.840. The van der Waals surface area contributed by atoms with Crippen molar-refractivity contribution in [2.45, 2.75) is 18.9 Å². The number of fused-ring (bicyclic) bond motifs is 1. The molecule has 1 saturated heterocycles. The Kier molecular flexibility index (Phi) is 5.54. The topological polar surface area (TPSA) is 106 Å². The standard InChI is InChI=1S/C21H18ClN5O4S/c22-12-3-1-4-13(9-12)24-21(29)27-8-2-5-15(27)19-25-26-20(32-19)18(28)23-14-6-7-16-17(10-14)31-11-30-16/h1,3-4,6-7,9-10,15H,2,5,8,11H2,(H,23,28)(H,24,29)/t15-/m0/s1. The molecule has 0 saturated carbocycles. The number of halogens is 1. The normalized spacial score (nSPS) is 16.8. The number of nitrogens with zero attached hydrogens (tertiary/aromatic N) is 3. The number of aromatic nitrogens is 2. The zero-order chi connectivity index (χ0) is 22.1. The third-order valence-corrected chi connectivity index (χ3v) is 6.40. The summed E-state index contributed by atoms with van der Waals surface area (Å²) in [6.45, 7) is 0.755. The van der Waals surface area contributed by atoms with Crippen molar-refractivity contribution in [3.63, 3.8) is 0 Å². The van der Waals surface area contributed by atoms with E-state index in [-0.39, 0.29) is 29.8 Å². The summed E-state index contributed by atoms with van der Waals surface area (Å²) < 4.78 is 10.6. The first kappa shape index (κ1) is 20.5. The number of anilines is 2. The fourth-order valence-corrected chi connectivity index (χ4v) is 4.72. The third kappa shape index (κ3) is 4.19. The van der Waals surface area contributed by atoms with Gasteiger partial charge in [-0.1, -0.05) is 29.0 Å². The van der Waals surface area contributed by atoms with Gasteiger partial charge in [-0.2, -0.15) is 0 Å². The molecule has 2 aliphatic heterocycles. The Bertz CT molecular complexity index is 1190. The molecule has 2 N–H and O–H groups in total. The number of hydrogen-bond donors (Lipinski definition) is 2. The number of amides is 3. The van der Waals surface area contributed by atoms with Crippen molar-refractivity contribution >= 4 is 46.3 Å². The highest BCUT2D eigenvalue weighted by molar-refractivity contribution is 7.13. The number of likely N-dealkylation sites (tertiary alicyclic amines) is 1. The summed E-state index contributed by atoms with van der Waals surface area (Å²) in [7, 11) is 0. The molecule has 1 fully saturated rings. The maximum atomic E-state index is 12.8. The summed E-state index contributed by atoms with van der Waals surface area (Å²) in [6.07, 6.45) is 1.59. The number of urea groups is 1. The van der Waals surface area contributed by atoms with Crippen LogP contribution in [0.25, 0.3) is 0 Å². The Balaban J connectivity index is 1.26. The molecular formula is C21H18ClN5O4S. The van der Waals surface area contributed by atoms with Gasteiger partial charge in [-0.05, 0) is 43.2 Å². The average Bonchev–Trinajstić information content (AvgIpc) is 3.52. The zero-order valence-corrected chi connectivity index (χ0v) is 18.3. The number of carbonyl (C=O) groups excluding carboxylic acids is 2. The van der Waals surface area contributed by atoms with E-state index < -0.39 is 0 Å². The van der Waals surface area contributed by atoms with E-state index in [0.717, 1.165) is 12.8 Å². The van der Waals surface area contributed by atoms with Crippen LogP contribution >= 0.6 is 22.9 Å².